The van der Waals surface area contributed by atoms with Crippen molar-refractivity contribution in [3.8, 4) is 0 Å². The third-order valence-corrected chi connectivity index (χ3v) is 4.57. The predicted molar refractivity (Wildman–Crippen MR) is 67.8 cm³/mol. The molecule has 1 atom stereocenters. The van der Waals surface area contributed by atoms with E-state index < -0.39 is 32.6 Å². The Labute approximate surface area is 111 Å². The maximum absolute atomic E-state index is 13.6. The molecular formula is C12H16FNO4S. The number of nitrogens with zero attached hydrogens (tertiary/aromatic N) is 1. The van der Waals surface area contributed by atoms with E-state index in [0.717, 1.165) is 10.4 Å². The van der Waals surface area contributed by atoms with Gasteiger partial charge in [0, 0.05) is 13.6 Å². The molecule has 5 nitrogen and oxygen atoms in total. The van der Waals surface area contributed by atoms with Crippen LogP contribution in [0.1, 0.15) is 12.5 Å². The number of carboxylic acids is 1. The first-order chi connectivity index (χ1) is 8.66. The fourth-order valence-electron chi connectivity index (χ4n) is 1.54. The lowest BCUT2D eigenvalue weighted by Crippen LogP contribution is -2.34. The van der Waals surface area contributed by atoms with Crippen molar-refractivity contribution in [2.45, 2.75) is 18.7 Å². The largest absolute Gasteiger partial charge is 0.481 e. The summed E-state index contributed by atoms with van der Waals surface area (Å²) in [6.45, 7) is 2.82. The second kappa shape index (κ2) is 5.66. The van der Waals surface area contributed by atoms with Crippen LogP contribution in [-0.2, 0) is 14.8 Å². The first-order valence-corrected chi connectivity index (χ1v) is 7.05. The van der Waals surface area contributed by atoms with Crippen molar-refractivity contribution in [1.82, 2.24) is 4.31 Å². The van der Waals surface area contributed by atoms with Gasteiger partial charge in [-0.1, -0.05) is 13.0 Å². The number of aryl methyl sites for hydroxylation is 1. The van der Waals surface area contributed by atoms with E-state index in [1.807, 2.05) is 0 Å². The topological polar surface area (TPSA) is 74.7 Å². The number of carboxylic acid groups (broad SMARTS) is 1. The van der Waals surface area contributed by atoms with Gasteiger partial charge in [0.25, 0.3) is 0 Å². The highest BCUT2D eigenvalue weighted by Gasteiger charge is 2.27. The van der Waals surface area contributed by atoms with Crippen LogP contribution in [0.4, 0.5) is 4.39 Å². The molecule has 1 rings (SSSR count). The van der Waals surface area contributed by atoms with E-state index in [1.165, 1.54) is 26.1 Å². The number of halogens is 1. The zero-order chi connectivity index (χ0) is 14.8. The van der Waals surface area contributed by atoms with Gasteiger partial charge in [-0.2, -0.15) is 4.31 Å². The van der Waals surface area contributed by atoms with Crippen LogP contribution in [0.25, 0.3) is 0 Å². The highest BCUT2D eigenvalue weighted by molar-refractivity contribution is 7.89. The highest BCUT2D eigenvalue weighted by Crippen LogP contribution is 2.20. The molecule has 1 unspecified atom stereocenters. The van der Waals surface area contributed by atoms with Gasteiger partial charge in [-0.3, -0.25) is 4.79 Å². The molecule has 0 amide bonds. The van der Waals surface area contributed by atoms with E-state index in [1.54, 1.807) is 6.92 Å². The van der Waals surface area contributed by atoms with Crippen molar-refractivity contribution < 1.29 is 22.7 Å². The lowest BCUT2D eigenvalue weighted by Gasteiger charge is -2.19. The summed E-state index contributed by atoms with van der Waals surface area (Å²) < 4.78 is 38.8. The number of carbonyl (C=O) groups is 1. The molecule has 0 aliphatic carbocycles. The Morgan fingerprint density at radius 1 is 1.47 bits per heavy atom. The van der Waals surface area contributed by atoms with Crippen molar-refractivity contribution in [2.75, 3.05) is 13.6 Å². The minimum absolute atomic E-state index is 0.217. The molecule has 0 aliphatic rings. The normalized spacial score (nSPS) is 13.5. The van der Waals surface area contributed by atoms with Gasteiger partial charge in [0.2, 0.25) is 10.0 Å². The average molecular weight is 289 g/mol. The molecule has 0 fully saturated rings. The van der Waals surface area contributed by atoms with Gasteiger partial charge in [-0.15, -0.1) is 0 Å². The van der Waals surface area contributed by atoms with E-state index >= 15 is 0 Å². The second-order valence-electron chi connectivity index (χ2n) is 4.46. The van der Waals surface area contributed by atoms with Gasteiger partial charge in [0.15, 0.2) is 0 Å². The molecule has 7 heteroatoms. The number of sulfonamides is 1. The zero-order valence-electron chi connectivity index (χ0n) is 10.9. The quantitative estimate of drug-likeness (QED) is 0.891. The van der Waals surface area contributed by atoms with Gasteiger partial charge >= 0.3 is 5.97 Å². The minimum Gasteiger partial charge on any atom is -0.481 e. The molecule has 0 bridgehead atoms. The Morgan fingerprint density at radius 2 is 2.05 bits per heavy atom. The standard InChI is InChI=1S/C12H16FNO4S/c1-8-4-5-10(13)11(6-8)19(17,18)14(3)7-9(2)12(15)16/h4-6,9H,7H2,1-3H3,(H,15,16). The lowest BCUT2D eigenvalue weighted by molar-refractivity contribution is -0.141. The fraction of sp³-hybridized carbons (Fsp3) is 0.417. The number of rotatable bonds is 5. The molecule has 0 aromatic heterocycles. The van der Waals surface area contributed by atoms with Crippen molar-refractivity contribution in [1.29, 1.82) is 0 Å². The molecule has 0 saturated heterocycles. The third-order valence-electron chi connectivity index (χ3n) is 2.73. The summed E-state index contributed by atoms with van der Waals surface area (Å²) in [5, 5.41) is 8.77. The van der Waals surface area contributed by atoms with Crippen LogP contribution >= 0.6 is 0 Å². The molecule has 0 aliphatic heterocycles. The number of aliphatic carboxylic acids is 1. The van der Waals surface area contributed by atoms with E-state index in [4.69, 9.17) is 5.11 Å². The van der Waals surface area contributed by atoms with Crippen LogP contribution in [-0.4, -0.2) is 37.4 Å². The fourth-order valence-corrected chi connectivity index (χ4v) is 2.94. The van der Waals surface area contributed by atoms with Gasteiger partial charge in [-0.25, -0.2) is 12.8 Å². The van der Waals surface area contributed by atoms with Crippen LogP contribution in [0.3, 0.4) is 0 Å². The van der Waals surface area contributed by atoms with E-state index in [-0.39, 0.29) is 6.54 Å². The molecule has 0 radical (unpaired) electrons. The summed E-state index contributed by atoms with van der Waals surface area (Å²) in [5.41, 5.74) is 0.611. The second-order valence-corrected chi connectivity index (χ2v) is 6.47. The summed E-state index contributed by atoms with van der Waals surface area (Å²) >= 11 is 0. The molecule has 1 aromatic rings. The first kappa shape index (κ1) is 15.6. The number of hydrogen-bond donors (Lipinski definition) is 1. The van der Waals surface area contributed by atoms with E-state index in [9.17, 15) is 17.6 Å². The molecule has 106 valence electrons. The van der Waals surface area contributed by atoms with Crippen LogP contribution in [0.2, 0.25) is 0 Å². The van der Waals surface area contributed by atoms with Crippen LogP contribution < -0.4 is 0 Å². The van der Waals surface area contributed by atoms with Gasteiger partial charge in [0.1, 0.15) is 10.7 Å². The number of benzene rings is 1. The first-order valence-electron chi connectivity index (χ1n) is 5.61. The summed E-state index contributed by atoms with van der Waals surface area (Å²) in [5.74, 6) is -2.82. The van der Waals surface area contributed by atoms with Crippen LogP contribution in [0.15, 0.2) is 23.1 Å². The Morgan fingerprint density at radius 3 is 2.58 bits per heavy atom. The van der Waals surface area contributed by atoms with Gasteiger partial charge < -0.3 is 5.11 Å². The minimum atomic E-state index is -4.03. The van der Waals surface area contributed by atoms with Crippen LogP contribution in [0, 0.1) is 18.7 Å². The monoisotopic (exact) mass is 289 g/mol. The zero-order valence-corrected chi connectivity index (χ0v) is 11.7. The molecule has 0 heterocycles. The molecular weight excluding hydrogens is 273 g/mol. The van der Waals surface area contributed by atoms with Crippen molar-refractivity contribution >= 4 is 16.0 Å². The smallest absolute Gasteiger partial charge is 0.307 e. The lowest BCUT2D eigenvalue weighted by atomic mass is 10.2. The predicted octanol–water partition coefficient (Wildman–Crippen LogP) is 1.48. The number of hydrogen-bond acceptors (Lipinski definition) is 3. The van der Waals surface area contributed by atoms with Gasteiger partial charge in [-0.05, 0) is 24.6 Å². The summed E-state index contributed by atoms with van der Waals surface area (Å²) in [4.78, 5) is 10.3. The van der Waals surface area contributed by atoms with Gasteiger partial charge in [0.05, 0.1) is 5.92 Å². The Bertz CT molecular complexity index is 585. The van der Waals surface area contributed by atoms with Crippen molar-refractivity contribution in [3.63, 3.8) is 0 Å². The van der Waals surface area contributed by atoms with E-state index in [0.29, 0.717) is 5.56 Å². The maximum atomic E-state index is 13.6. The maximum Gasteiger partial charge on any atom is 0.307 e. The summed E-state index contributed by atoms with van der Waals surface area (Å²) in [7, 11) is -2.79. The average Bonchev–Trinajstić information content (AvgIpc) is 2.31. The molecule has 1 N–H and O–H groups in total. The summed E-state index contributed by atoms with van der Waals surface area (Å²) in [6, 6.07) is 3.78. The third kappa shape index (κ3) is 3.51. The Balaban J connectivity index is 3.10. The summed E-state index contributed by atoms with van der Waals surface area (Å²) in [6.07, 6.45) is 0. The van der Waals surface area contributed by atoms with E-state index in [2.05, 4.69) is 0 Å². The van der Waals surface area contributed by atoms with Crippen molar-refractivity contribution in [3.05, 3.63) is 29.6 Å². The Kier molecular flexibility index (Phi) is 4.65. The molecule has 1 aromatic carbocycles. The SMILES string of the molecule is Cc1ccc(F)c(S(=O)(=O)N(C)CC(C)C(=O)O)c1. The Hall–Kier alpha value is -1.47. The molecule has 19 heavy (non-hydrogen) atoms. The molecule has 0 saturated carbocycles. The van der Waals surface area contributed by atoms with Crippen molar-refractivity contribution in [2.24, 2.45) is 5.92 Å². The van der Waals surface area contributed by atoms with Crippen LogP contribution in [0.5, 0.6) is 0 Å². The highest BCUT2D eigenvalue weighted by atomic mass is 32.2. The molecule has 0 spiro atoms.